The fourth-order valence-corrected chi connectivity index (χ4v) is 2.09. The highest BCUT2D eigenvalue weighted by Gasteiger charge is 2.27. The Balaban J connectivity index is 2.04. The van der Waals surface area contributed by atoms with Crippen LogP contribution in [0.4, 0.5) is 5.13 Å². The summed E-state index contributed by atoms with van der Waals surface area (Å²) in [7, 11) is 1.76. The number of ether oxygens (including phenoxy) is 1. The van der Waals surface area contributed by atoms with E-state index in [-0.39, 0.29) is 11.8 Å². The van der Waals surface area contributed by atoms with Crippen LogP contribution in [0.3, 0.4) is 0 Å². The maximum absolute atomic E-state index is 11.9. The lowest BCUT2D eigenvalue weighted by atomic mass is 10.1. The van der Waals surface area contributed by atoms with Gasteiger partial charge >= 0.3 is 0 Å². The van der Waals surface area contributed by atoms with Crippen LogP contribution in [0.2, 0.25) is 0 Å². The topological polar surface area (TPSA) is 42.4 Å². The van der Waals surface area contributed by atoms with E-state index in [2.05, 4.69) is 4.98 Å². The van der Waals surface area contributed by atoms with Gasteiger partial charge in [-0.3, -0.25) is 9.69 Å². The molecule has 1 aliphatic rings. The van der Waals surface area contributed by atoms with Gasteiger partial charge in [0.15, 0.2) is 5.13 Å². The maximum Gasteiger partial charge on any atom is 0.234 e. The van der Waals surface area contributed by atoms with Crippen molar-refractivity contribution in [2.24, 2.45) is 5.92 Å². The number of carbonyl (C=O) groups excluding carboxylic acids is 1. The van der Waals surface area contributed by atoms with Crippen LogP contribution in [0.15, 0.2) is 11.6 Å². The molecule has 2 heterocycles. The van der Waals surface area contributed by atoms with E-state index in [9.17, 15) is 4.79 Å². The van der Waals surface area contributed by atoms with Gasteiger partial charge < -0.3 is 4.74 Å². The van der Waals surface area contributed by atoms with Crippen LogP contribution in [-0.2, 0) is 9.53 Å². The van der Waals surface area contributed by atoms with E-state index in [1.807, 2.05) is 5.38 Å². The molecule has 1 unspecified atom stereocenters. The summed E-state index contributed by atoms with van der Waals surface area (Å²) >= 11 is 1.47. The number of nitrogens with zero attached hydrogens (tertiary/aromatic N) is 2. The number of thiazole rings is 1. The van der Waals surface area contributed by atoms with Gasteiger partial charge in [0.25, 0.3) is 0 Å². The van der Waals surface area contributed by atoms with Gasteiger partial charge in [-0.2, -0.15) is 0 Å². The molecule has 1 aromatic rings. The molecule has 1 saturated heterocycles. The highest BCUT2D eigenvalue weighted by Crippen LogP contribution is 2.21. The molecular formula is C9H12N2O2S. The Hall–Kier alpha value is -0.940. The lowest BCUT2D eigenvalue weighted by Crippen LogP contribution is -2.32. The van der Waals surface area contributed by atoms with Crippen molar-refractivity contribution in [3.05, 3.63) is 11.6 Å². The first-order valence-electron chi connectivity index (χ1n) is 4.54. The third-order valence-corrected chi connectivity index (χ3v) is 3.16. The second kappa shape index (κ2) is 4.06. The van der Waals surface area contributed by atoms with Crippen molar-refractivity contribution in [1.29, 1.82) is 0 Å². The van der Waals surface area contributed by atoms with Gasteiger partial charge in [-0.15, -0.1) is 11.3 Å². The average molecular weight is 212 g/mol. The number of hydrogen-bond acceptors (Lipinski definition) is 4. The van der Waals surface area contributed by atoms with Gasteiger partial charge in [0.1, 0.15) is 0 Å². The predicted molar refractivity (Wildman–Crippen MR) is 54.5 cm³/mol. The quantitative estimate of drug-likeness (QED) is 0.738. The average Bonchev–Trinajstić information content (AvgIpc) is 2.87. The van der Waals surface area contributed by atoms with E-state index in [1.165, 1.54) is 11.3 Å². The molecule has 0 aromatic carbocycles. The summed E-state index contributed by atoms with van der Waals surface area (Å²) in [5.41, 5.74) is 0. The molecule has 1 amide bonds. The van der Waals surface area contributed by atoms with Crippen molar-refractivity contribution in [1.82, 2.24) is 4.98 Å². The molecule has 2 rings (SSSR count). The van der Waals surface area contributed by atoms with Gasteiger partial charge in [0.2, 0.25) is 5.91 Å². The van der Waals surface area contributed by atoms with Crippen LogP contribution >= 0.6 is 11.3 Å². The van der Waals surface area contributed by atoms with E-state index in [4.69, 9.17) is 4.74 Å². The molecule has 0 N–H and O–H groups in total. The molecule has 14 heavy (non-hydrogen) atoms. The zero-order valence-electron chi connectivity index (χ0n) is 7.97. The van der Waals surface area contributed by atoms with E-state index in [1.54, 1.807) is 18.1 Å². The Morgan fingerprint density at radius 2 is 2.64 bits per heavy atom. The van der Waals surface area contributed by atoms with Crippen molar-refractivity contribution < 1.29 is 9.53 Å². The van der Waals surface area contributed by atoms with Crippen molar-refractivity contribution in [2.75, 3.05) is 25.2 Å². The Morgan fingerprint density at radius 1 is 1.79 bits per heavy atom. The summed E-state index contributed by atoms with van der Waals surface area (Å²) in [6, 6.07) is 0. The fourth-order valence-electron chi connectivity index (χ4n) is 1.48. The van der Waals surface area contributed by atoms with Crippen LogP contribution < -0.4 is 4.90 Å². The lowest BCUT2D eigenvalue weighted by Gasteiger charge is -2.16. The number of anilines is 1. The second-order valence-electron chi connectivity index (χ2n) is 3.27. The molecule has 0 aliphatic carbocycles. The number of amides is 1. The number of carbonyl (C=O) groups is 1. The Bertz CT molecular complexity index is 307. The third kappa shape index (κ3) is 1.78. The fraction of sp³-hybridized carbons (Fsp3) is 0.556. The molecule has 1 aliphatic heterocycles. The first kappa shape index (κ1) is 9.61. The molecule has 1 atom stereocenters. The minimum absolute atomic E-state index is 0.0175. The van der Waals surface area contributed by atoms with Crippen LogP contribution in [0.25, 0.3) is 0 Å². The zero-order valence-corrected chi connectivity index (χ0v) is 8.79. The highest BCUT2D eigenvalue weighted by atomic mass is 32.1. The predicted octanol–water partition coefficient (Wildman–Crippen LogP) is 1.14. The number of aromatic nitrogens is 1. The first-order valence-corrected chi connectivity index (χ1v) is 5.42. The van der Waals surface area contributed by atoms with Crippen molar-refractivity contribution >= 4 is 22.4 Å². The summed E-state index contributed by atoms with van der Waals surface area (Å²) in [5.74, 6) is 0.126. The van der Waals surface area contributed by atoms with E-state index >= 15 is 0 Å². The van der Waals surface area contributed by atoms with Crippen molar-refractivity contribution in [2.45, 2.75) is 6.42 Å². The molecular weight excluding hydrogens is 200 g/mol. The standard InChI is InChI=1S/C9H12N2O2S/c1-11(9-10-3-5-14-9)8(12)7-2-4-13-6-7/h3,5,7H,2,4,6H2,1H3. The maximum atomic E-state index is 11.9. The molecule has 0 bridgehead atoms. The van der Waals surface area contributed by atoms with Crippen molar-refractivity contribution in [3.63, 3.8) is 0 Å². The largest absolute Gasteiger partial charge is 0.381 e. The van der Waals surface area contributed by atoms with Crippen LogP contribution in [-0.4, -0.2) is 31.2 Å². The van der Waals surface area contributed by atoms with Gasteiger partial charge in [0, 0.05) is 25.2 Å². The van der Waals surface area contributed by atoms with Crippen molar-refractivity contribution in [3.8, 4) is 0 Å². The molecule has 0 radical (unpaired) electrons. The Kier molecular flexibility index (Phi) is 2.79. The molecule has 0 saturated carbocycles. The molecule has 76 valence electrons. The molecule has 0 spiro atoms. The molecule has 1 fully saturated rings. The van der Waals surface area contributed by atoms with Gasteiger partial charge in [-0.1, -0.05) is 0 Å². The second-order valence-corrected chi connectivity index (χ2v) is 4.15. The summed E-state index contributed by atoms with van der Waals surface area (Å²) < 4.78 is 5.18. The summed E-state index contributed by atoms with van der Waals surface area (Å²) in [4.78, 5) is 17.6. The van der Waals surface area contributed by atoms with E-state index in [0.717, 1.165) is 11.6 Å². The Morgan fingerprint density at radius 3 is 3.21 bits per heavy atom. The normalized spacial score (nSPS) is 21.1. The highest BCUT2D eigenvalue weighted by molar-refractivity contribution is 7.13. The summed E-state index contributed by atoms with van der Waals surface area (Å²) in [5, 5.41) is 2.62. The minimum Gasteiger partial charge on any atom is -0.381 e. The molecule has 1 aromatic heterocycles. The monoisotopic (exact) mass is 212 g/mol. The lowest BCUT2D eigenvalue weighted by molar-refractivity contribution is -0.122. The van der Waals surface area contributed by atoms with Crippen LogP contribution in [0, 0.1) is 5.92 Å². The van der Waals surface area contributed by atoms with Gasteiger partial charge in [-0.05, 0) is 6.42 Å². The van der Waals surface area contributed by atoms with E-state index < -0.39 is 0 Å². The molecule has 4 nitrogen and oxygen atoms in total. The SMILES string of the molecule is CN(C(=O)C1CCOC1)c1nccs1. The van der Waals surface area contributed by atoms with E-state index in [0.29, 0.717) is 13.2 Å². The zero-order chi connectivity index (χ0) is 9.97. The molecule has 5 heteroatoms. The summed E-state index contributed by atoms with van der Waals surface area (Å²) in [6.45, 7) is 1.25. The smallest absolute Gasteiger partial charge is 0.234 e. The minimum atomic E-state index is 0.0175. The Labute approximate surface area is 86.5 Å². The number of hydrogen-bond donors (Lipinski definition) is 0. The van der Waals surface area contributed by atoms with Crippen LogP contribution in [0.1, 0.15) is 6.42 Å². The van der Waals surface area contributed by atoms with Gasteiger partial charge in [0.05, 0.1) is 12.5 Å². The summed E-state index contributed by atoms with van der Waals surface area (Å²) in [6.07, 6.45) is 2.53. The third-order valence-electron chi connectivity index (χ3n) is 2.32. The number of rotatable bonds is 2. The van der Waals surface area contributed by atoms with Crippen LogP contribution in [0.5, 0.6) is 0 Å². The first-order chi connectivity index (χ1) is 6.79. The van der Waals surface area contributed by atoms with Gasteiger partial charge in [-0.25, -0.2) is 4.98 Å².